The van der Waals surface area contributed by atoms with Crippen LogP contribution in [0.4, 0.5) is 14.7 Å². The van der Waals surface area contributed by atoms with Gasteiger partial charge in [-0.05, 0) is 18.2 Å². The van der Waals surface area contributed by atoms with Crippen LogP contribution in [0, 0.1) is 0 Å². The molecule has 9 heteroatoms. The summed E-state index contributed by atoms with van der Waals surface area (Å²) in [5, 5.41) is 5.50. The number of hydrogen-bond donors (Lipinski definition) is 2. The quantitative estimate of drug-likeness (QED) is 0.716. The molecule has 1 amide bonds. The minimum Gasteiger partial charge on any atom is -0.493 e. The van der Waals surface area contributed by atoms with Crippen molar-refractivity contribution < 1.29 is 23.0 Å². The first-order valence-corrected chi connectivity index (χ1v) is 7.02. The van der Waals surface area contributed by atoms with Crippen LogP contribution in [-0.2, 0) is 0 Å². The van der Waals surface area contributed by atoms with E-state index in [1.54, 1.807) is 18.5 Å². The van der Waals surface area contributed by atoms with Gasteiger partial charge >= 0.3 is 6.61 Å². The van der Waals surface area contributed by atoms with Crippen molar-refractivity contribution in [1.29, 1.82) is 0 Å². The van der Waals surface area contributed by atoms with E-state index in [2.05, 4.69) is 25.3 Å². The van der Waals surface area contributed by atoms with E-state index in [0.29, 0.717) is 12.5 Å². The second-order valence-corrected chi connectivity index (χ2v) is 4.47. The van der Waals surface area contributed by atoms with Gasteiger partial charge in [0.05, 0.1) is 12.7 Å². The number of nitrogens with zero attached hydrogens (tertiary/aromatic N) is 2. The number of ether oxygens (including phenoxy) is 2. The Labute approximate surface area is 137 Å². The Hall–Kier alpha value is -2.97. The maximum absolute atomic E-state index is 12.5. The summed E-state index contributed by atoms with van der Waals surface area (Å²) in [7, 11) is 1.30. The molecule has 0 bridgehead atoms. The number of nitrogens with one attached hydrogen (secondary N) is 2. The first kappa shape index (κ1) is 17.4. The molecule has 1 aromatic carbocycles. The molecule has 0 fully saturated rings. The zero-order chi connectivity index (χ0) is 17.4. The van der Waals surface area contributed by atoms with E-state index in [0.717, 1.165) is 0 Å². The summed E-state index contributed by atoms with van der Waals surface area (Å²) in [4.78, 5) is 20.1. The number of benzene rings is 1. The lowest BCUT2D eigenvalue weighted by Crippen LogP contribution is -2.29. The molecule has 2 N–H and O–H groups in total. The van der Waals surface area contributed by atoms with Gasteiger partial charge in [0.15, 0.2) is 11.5 Å². The van der Waals surface area contributed by atoms with Crippen LogP contribution in [0.1, 0.15) is 10.4 Å². The first-order chi connectivity index (χ1) is 11.6. The Morgan fingerprint density at radius 3 is 2.62 bits per heavy atom. The number of aromatic nitrogens is 2. The molecule has 0 saturated heterocycles. The van der Waals surface area contributed by atoms with Crippen molar-refractivity contribution in [2.75, 3.05) is 25.5 Å². The van der Waals surface area contributed by atoms with Crippen molar-refractivity contribution in [3.63, 3.8) is 0 Å². The second kappa shape index (κ2) is 8.61. The molecular formula is C15H16F2N4O3. The van der Waals surface area contributed by atoms with E-state index in [-0.39, 0.29) is 23.6 Å². The lowest BCUT2D eigenvalue weighted by Gasteiger charge is -2.14. The van der Waals surface area contributed by atoms with Crippen molar-refractivity contribution in [3.05, 3.63) is 42.2 Å². The van der Waals surface area contributed by atoms with Crippen molar-refractivity contribution in [1.82, 2.24) is 15.3 Å². The average Bonchev–Trinajstić information content (AvgIpc) is 2.59. The highest BCUT2D eigenvalue weighted by atomic mass is 19.3. The Bertz CT molecular complexity index is 671. The molecule has 0 aliphatic rings. The summed E-state index contributed by atoms with van der Waals surface area (Å²) in [6.45, 7) is -2.46. The first-order valence-electron chi connectivity index (χ1n) is 7.02. The van der Waals surface area contributed by atoms with Crippen molar-refractivity contribution in [2.45, 2.75) is 6.61 Å². The van der Waals surface area contributed by atoms with Gasteiger partial charge < -0.3 is 20.1 Å². The fraction of sp³-hybridized carbons (Fsp3) is 0.267. The van der Waals surface area contributed by atoms with Gasteiger partial charge in [-0.25, -0.2) is 9.97 Å². The van der Waals surface area contributed by atoms with Gasteiger partial charge in [0.25, 0.3) is 5.91 Å². The Kier molecular flexibility index (Phi) is 6.23. The van der Waals surface area contributed by atoms with E-state index in [1.165, 1.54) is 25.3 Å². The van der Waals surface area contributed by atoms with Crippen molar-refractivity contribution in [2.24, 2.45) is 0 Å². The molecule has 2 aromatic rings. The minimum absolute atomic E-state index is 0.0365. The molecule has 0 atom stereocenters. The number of carbonyl (C=O) groups excluding carboxylic acids is 1. The molecule has 0 aliphatic carbocycles. The summed E-state index contributed by atoms with van der Waals surface area (Å²) in [6.07, 6.45) is 3.16. The van der Waals surface area contributed by atoms with Gasteiger partial charge in [-0.2, -0.15) is 8.78 Å². The summed E-state index contributed by atoms with van der Waals surface area (Å²) >= 11 is 0. The van der Waals surface area contributed by atoms with Crippen LogP contribution in [-0.4, -0.2) is 42.7 Å². The number of alkyl halides is 2. The molecule has 2 rings (SSSR count). The fourth-order valence-corrected chi connectivity index (χ4v) is 1.90. The predicted molar refractivity (Wildman–Crippen MR) is 82.5 cm³/mol. The smallest absolute Gasteiger partial charge is 0.387 e. The van der Waals surface area contributed by atoms with Gasteiger partial charge in [-0.3, -0.25) is 4.79 Å². The number of rotatable bonds is 8. The lowest BCUT2D eigenvalue weighted by atomic mass is 10.1. The Morgan fingerprint density at radius 1 is 1.21 bits per heavy atom. The largest absolute Gasteiger partial charge is 0.493 e. The molecule has 1 heterocycles. The van der Waals surface area contributed by atoms with Gasteiger partial charge in [0.1, 0.15) is 0 Å². The predicted octanol–water partition coefficient (Wildman–Crippen LogP) is 1.93. The number of methoxy groups -OCH3 is 1. The molecule has 0 unspecified atom stereocenters. The number of para-hydroxylation sites is 1. The lowest BCUT2D eigenvalue weighted by molar-refractivity contribution is -0.0515. The van der Waals surface area contributed by atoms with Gasteiger partial charge in [-0.15, -0.1) is 0 Å². The molecule has 0 aliphatic heterocycles. The minimum atomic E-state index is -3.07. The Morgan fingerprint density at radius 2 is 1.96 bits per heavy atom. The van der Waals surface area contributed by atoms with Gasteiger partial charge in [0, 0.05) is 25.5 Å². The summed E-state index contributed by atoms with van der Waals surface area (Å²) in [5.41, 5.74) is -0.0365. The maximum atomic E-state index is 12.5. The third kappa shape index (κ3) is 4.77. The topological polar surface area (TPSA) is 85.4 Å². The maximum Gasteiger partial charge on any atom is 0.387 e. The molecule has 128 valence electrons. The highest BCUT2D eigenvalue weighted by Gasteiger charge is 2.19. The standard InChI is InChI=1S/C15H16F2N4O3/c1-23-11-5-2-4-10(12(11)24-14(16)17)13(22)18-8-9-21-15-19-6-3-7-20-15/h2-7,14H,8-9H2,1H3,(H,18,22)(H,19,20,21). The zero-order valence-corrected chi connectivity index (χ0v) is 12.8. The van der Waals surface area contributed by atoms with Crippen LogP contribution in [0.25, 0.3) is 0 Å². The number of carbonyl (C=O) groups is 1. The molecule has 0 radical (unpaired) electrons. The van der Waals surface area contributed by atoms with Crippen LogP contribution >= 0.6 is 0 Å². The molecular weight excluding hydrogens is 322 g/mol. The third-order valence-electron chi connectivity index (χ3n) is 2.91. The van der Waals surface area contributed by atoms with Crippen molar-refractivity contribution in [3.8, 4) is 11.5 Å². The highest BCUT2D eigenvalue weighted by molar-refractivity contribution is 5.97. The zero-order valence-electron chi connectivity index (χ0n) is 12.8. The summed E-state index contributed by atoms with van der Waals surface area (Å²) < 4.78 is 34.4. The highest BCUT2D eigenvalue weighted by Crippen LogP contribution is 2.32. The van der Waals surface area contributed by atoms with E-state index in [9.17, 15) is 13.6 Å². The fourth-order valence-electron chi connectivity index (χ4n) is 1.90. The van der Waals surface area contributed by atoms with Gasteiger partial charge in [-0.1, -0.05) is 6.07 Å². The molecule has 0 saturated carbocycles. The second-order valence-electron chi connectivity index (χ2n) is 4.47. The SMILES string of the molecule is COc1cccc(C(=O)NCCNc2ncccn2)c1OC(F)F. The average molecular weight is 338 g/mol. The van der Waals surface area contributed by atoms with E-state index in [1.807, 2.05) is 0 Å². The van der Waals surface area contributed by atoms with Gasteiger partial charge in [0.2, 0.25) is 5.95 Å². The summed E-state index contributed by atoms with van der Waals surface area (Å²) in [5.74, 6) is -0.374. The van der Waals surface area contributed by atoms with E-state index >= 15 is 0 Å². The number of anilines is 1. The Balaban J connectivity index is 1.96. The van der Waals surface area contributed by atoms with Crippen LogP contribution in [0.5, 0.6) is 11.5 Å². The number of amides is 1. The van der Waals surface area contributed by atoms with Crippen LogP contribution in [0.15, 0.2) is 36.7 Å². The normalized spacial score (nSPS) is 10.3. The number of halogens is 2. The molecule has 0 spiro atoms. The molecule has 7 nitrogen and oxygen atoms in total. The van der Waals surface area contributed by atoms with Crippen molar-refractivity contribution >= 4 is 11.9 Å². The van der Waals surface area contributed by atoms with Crippen LogP contribution in [0.3, 0.4) is 0 Å². The van der Waals surface area contributed by atoms with Crippen LogP contribution in [0.2, 0.25) is 0 Å². The van der Waals surface area contributed by atoms with E-state index < -0.39 is 12.5 Å². The third-order valence-corrected chi connectivity index (χ3v) is 2.91. The van der Waals surface area contributed by atoms with E-state index in [4.69, 9.17) is 4.74 Å². The summed E-state index contributed by atoms with van der Waals surface area (Å²) in [6, 6.07) is 6.01. The molecule has 1 aromatic heterocycles. The monoisotopic (exact) mass is 338 g/mol. The number of hydrogen-bond acceptors (Lipinski definition) is 6. The van der Waals surface area contributed by atoms with Crippen LogP contribution < -0.4 is 20.1 Å². The molecule has 24 heavy (non-hydrogen) atoms.